The van der Waals surface area contributed by atoms with Gasteiger partial charge >= 0.3 is 11.9 Å². The number of carbonyl (C=O) groups is 2. The summed E-state index contributed by atoms with van der Waals surface area (Å²) in [7, 11) is 0. The van der Waals surface area contributed by atoms with E-state index in [1.165, 1.54) is 0 Å². The van der Waals surface area contributed by atoms with Crippen LogP contribution in [0.1, 0.15) is 20.3 Å². The van der Waals surface area contributed by atoms with Crippen molar-refractivity contribution in [3.63, 3.8) is 0 Å². The number of ether oxygens (including phenoxy) is 2. The van der Waals surface area contributed by atoms with Crippen molar-refractivity contribution in [3.8, 4) is 0 Å². The molecule has 2 aliphatic heterocycles. The van der Waals surface area contributed by atoms with Crippen molar-refractivity contribution < 1.29 is 19.1 Å². The second kappa shape index (κ2) is 3.20. The Kier molecular flexibility index (Phi) is 2.15. The Morgan fingerprint density at radius 3 is 2.57 bits per heavy atom. The molecule has 0 spiro atoms. The van der Waals surface area contributed by atoms with Crippen LogP contribution in [0.4, 0.5) is 0 Å². The van der Waals surface area contributed by atoms with E-state index in [1.54, 1.807) is 0 Å². The summed E-state index contributed by atoms with van der Waals surface area (Å²) in [6.45, 7) is 3.88. The lowest BCUT2D eigenvalue weighted by Crippen LogP contribution is -2.24. The zero-order valence-corrected chi connectivity index (χ0v) is 8.15. The standard InChI is InChI=1S/C10H12O4/c1-5-3-8(13-6(5)2)7-4-9(11)14-10(7)12/h3,6-8H,4H2,1-2H3. The highest BCUT2D eigenvalue weighted by atomic mass is 16.6. The second-order valence-corrected chi connectivity index (χ2v) is 3.76. The smallest absolute Gasteiger partial charge is 0.320 e. The monoisotopic (exact) mass is 196 g/mol. The van der Waals surface area contributed by atoms with Gasteiger partial charge in [0.2, 0.25) is 0 Å². The molecule has 1 fully saturated rings. The first kappa shape index (κ1) is 9.40. The quantitative estimate of drug-likeness (QED) is 0.354. The first-order valence-electron chi connectivity index (χ1n) is 4.66. The Hall–Kier alpha value is -1.16. The minimum absolute atomic E-state index is 0.0310. The van der Waals surface area contributed by atoms with E-state index in [2.05, 4.69) is 4.74 Å². The van der Waals surface area contributed by atoms with Gasteiger partial charge in [0, 0.05) is 0 Å². The van der Waals surface area contributed by atoms with Crippen LogP contribution in [-0.4, -0.2) is 24.1 Å². The summed E-state index contributed by atoms with van der Waals surface area (Å²) in [5.74, 6) is -1.35. The van der Waals surface area contributed by atoms with E-state index in [-0.39, 0.29) is 18.6 Å². The second-order valence-electron chi connectivity index (χ2n) is 3.76. The van der Waals surface area contributed by atoms with Gasteiger partial charge in [-0.25, -0.2) is 0 Å². The summed E-state index contributed by atoms with van der Waals surface area (Å²) in [5.41, 5.74) is 1.10. The Labute approximate surface area is 81.9 Å². The molecule has 3 atom stereocenters. The molecule has 0 bridgehead atoms. The van der Waals surface area contributed by atoms with Gasteiger partial charge < -0.3 is 9.47 Å². The lowest BCUT2D eigenvalue weighted by molar-refractivity contribution is -0.154. The summed E-state index contributed by atoms with van der Waals surface area (Å²) >= 11 is 0. The molecule has 0 aromatic heterocycles. The number of rotatable bonds is 1. The van der Waals surface area contributed by atoms with Crippen LogP contribution < -0.4 is 0 Å². The molecule has 4 heteroatoms. The average Bonchev–Trinajstić information content (AvgIpc) is 2.57. The summed E-state index contributed by atoms with van der Waals surface area (Å²) in [6.07, 6.45) is 1.78. The Bertz CT molecular complexity index is 318. The third kappa shape index (κ3) is 1.46. The van der Waals surface area contributed by atoms with Crippen molar-refractivity contribution in [2.45, 2.75) is 32.5 Å². The highest BCUT2D eigenvalue weighted by Crippen LogP contribution is 2.29. The Morgan fingerprint density at radius 2 is 2.14 bits per heavy atom. The van der Waals surface area contributed by atoms with Crippen LogP contribution in [0.25, 0.3) is 0 Å². The topological polar surface area (TPSA) is 52.6 Å². The van der Waals surface area contributed by atoms with Crippen LogP contribution in [0.3, 0.4) is 0 Å². The van der Waals surface area contributed by atoms with E-state index < -0.39 is 17.9 Å². The van der Waals surface area contributed by atoms with Gasteiger partial charge in [-0.15, -0.1) is 0 Å². The van der Waals surface area contributed by atoms with Gasteiger partial charge in [-0.2, -0.15) is 0 Å². The fourth-order valence-corrected chi connectivity index (χ4v) is 1.73. The van der Waals surface area contributed by atoms with E-state index >= 15 is 0 Å². The number of carbonyl (C=O) groups excluding carboxylic acids is 2. The van der Waals surface area contributed by atoms with Gasteiger partial charge in [-0.3, -0.25) is 9.59 Å². The van der Waals surface area contributed by atoms with Gasteiger partial charge in [-0.05, 0) is 19.4 Å². The summed E-state index contributed by atoms with van der Waals surface area (Å²) in [6, 6.07) is 0. The lowest BCUT2D eigenvalue weighted by Gasteiger charge is -2.13. The maximum Gasteiger partial charge on any atom is 0.320 e. The minimum atomic E-state index is -0.460. The zero-order chi connectivity index (χ0) is 10.3. The highest BCUT2D eigenvalue weighted by Gasteiger charge is 2.41. The molecule has 0 aromatic rings. The normalized spacial score (nSPS) is 37.3. The third-order valence-corrected chi connectivity index (χ3v) is 2.73. The fourth-order valence-electron chi connectivity index (χ4n) is 1.73. The third-order valence-electron chi connectivity index (χ3n) is 2.73. The van der Waals surface area contributed by atoms with Crippen LogP contribution in [0.2, 0.25) is 0 Å². The number of esters is 2. The maximum absolute atomic E-state index is 11.2. The molecule has 76 valence electrons. The molecule has 14 heavy (non-hydrogen) atoms. The molecule has 4 nitrogen and oxygen atoms in total. The van der Waals surface area contributed by atoms with Crippen LogP contribution in [0.5, 0.6) is 0 Å². The van der Waals surface area contributed by atoms with Crippen molar-refractivity contribution in [1.29, 1.82) is 0 Å². The van der Waals surface area contributed by atoms with E-state index in [0.717, 1.165) is 5.57 Å². The van der Waals surface area contributed by atoms with Crippen molar-refractivity contribution in [1.82, 2.24) is 0 Å². The molecule has 1 saturated heterocycles. The molecule has 0 aliphatic carbocycles. The van der Waals surface area contributed by atoms with Gasteiger partial charge in [0.25, 0.3) is 0 Å². The molecule has 0 saturated carbocycles. The van der Waals surface area contributed by atoms with E-state index in [4.69, 9.17) is 4.74 Å². The lowest BCUT2D eigenvalue weighted by atomic mass is 10.0. The summed E-state index contributed by atoms with van der Waals surface area (Å²) in [5, 5.41) is 0. The first-order chi connectivity index (χ1) is 6.58. The van der Waals surface area contributed by atoms with Crippen molar-refractivity contribution in [2.24, 2.45) is 5.92 Å². The highest BCUT2D eigenvalue weighted by molar-refractivity contribution is 5.95. The molecule has 2 heterocycles. The minimum Gasteiger partial charge on any atom is -0.393 e. The van der Waals surface area contributed by atoms with Crippen molar-refractivity contribution in [2.75, 3.05) is 0 Å². The average molecular weight is 196 g/mol. The molecular formula is C10H12O4. The number of hydrogen-bond donors (Lipinski definition) is 0. The predicted octanol–water partition coefficient (Wildman–Crippen LogP) is 0.810. The van der Waals surface area contributed by atoms with Crippen LogP contribution in [0, 0.1) is 5.92 Å². The first-order valence-corrected chi connectivity index (χ1v) is 4.66. The Morgan fingerprint density at radius 1 is 1.43 bits per heavy atom. The SMILES string of the molecule is CC1=CC(C2CC(=O)OC2=O)OC1C. The Balaban J connectivity index is 2.11. The van der Waals surface area contributed by atoms with Crippen molar-refractivity contribution in [3.05, 3.63) is 11.6 Å². The predicted molar refractivity (Wildman–Crippen MR) is 47.3 cm³/mol. The zero-order valence-electron chi connectivity index (χ0n) is 8.15. The van der Waals surface area contributed by atoms with Gasteiger partial charge in [0.15, 0.2) is 0 Å². The molecule has 0 N–H and O–H groups in total. The van der Waals surface area contributed by atoms with Crippen LogP contribution in [-0.2, 0) is 19.1 Å². The maximum atomic E-state index is 11.2. The molecule has 3 unspecified atom stereocenters. The van der Waals surface area contributed by atoms with Crippen LogP contribution in [0.15, 0.2) is 11.6 Å². The van der Waals surface area contributed by atoms with Crippen molar-refractivity contribution >= 4 is 11.9 Å². The molecule has 2 rings (SSSR count). The molecule has 0 aromatic carbocycles. The summed E-state index contributed by atoms with van der Waals surface area (Å²) < 4.78 is 10.0. The number of cyclic esters (lactones) is 2. The fraction of sp³-hybridized carbons (Fsp3) is 0.600. The summed E-state index contributed by atoms with van der Waals surface area (Å²) in [4.78, 5) is 22.1. The largest absolute Gasteiger partial charge is 0.393 e. The van der Waals surface area contributed by atoms with Gasteiger partial charge in [0.05, 0.1) is 24.5 Å². The molecule has 2 aliphatic rings. The van der Waals surface area contributed by atoms with Gasteiger partial charge in [-0.1, -0.05) is 6.08 Å². The number of hydrogen-bond acceptors (Lipinski definition) is 4. The van der Waals surface area contributed by atoms with Crippen LogP contribution >= 0.6 is 0 Å². The molecule has 0 amide bonds. The van der Waals surface area contributed by atoms with E-state index in [9.17, 15) is 9.59 Å². The van der Waals surface area contributed by atoms with Gasteiger partial charge in [0.1, 0.15) is 0 Å². The van der Waals surface area contributed by atoms with E-state index in [0.29, 0.717) is 0 Å². The van der Waals surface area contributed by atoms with E-state index in [1.807, 2.05) is 19.9 Å². The molecule has 0 radical (unpaired) electrons. The molecular weight excluding hydrogens is 184 g/mol.